The largest absolute Gasteiger partial charge is 0.388 e. The van der Waals surface area contributed by atoms with Crippen molar-refractivity contribution in [2.24, 2.45) is 0 Å². The summed E-state index contributed by atoms with van der Waals surface area (Å²) < 4.78 is 0. The van der Waals surface area contributed by atoms with Crippen LogP contribution in [0.5, 0.6) is 0 Å². The standard InChI is InChI=1S/C22H22N4O.C7H6O/c1-23-19-10-6-16(7-11-19)5-8-17-14-18(9-12-21(17)24-2)22(27)26-20-4-3-13-25-15-20;8-6-7-4-2-1-3-5-7/h3-15,23-24H,1-2H3,(H,26,27);1-6H/b8-5+;. The van der Waals surface area contributed by atoms with E-state index in [9.17, 15) is 9.59 Å². The topological polar surface area (TPSA) is 83.1 Å². The molecule has 0 aliphatic carbocycles. The van der Waals surface area contributed by atoms with Gasteiger partial charge in [0.25, 0.3) is 5.91 Å². The van der Waals surface area contributed by atoms with E-state index in [1.807, 2.05) is 86.9 Å². The molecule has 0 aliphatic heterocycles. The molecule has 0 spiro atoms. The van der Waals surface area contributed by atoms with Crippen LogP contribution in [0.4, 0.5) is 17.1 Å². The third-order valence-corrected chi connectivity index (χ3v) is 5.09. The number of pyridine rings is 1. The van der Waals surface area contributed by atoms with Crippen LogP contribution < -0.4 is 16.0 Å². The Morgan fingerprint density at radius 3 is 2.14 bits per heavy atom. The van der Waals surface area contributed by atoms with Crippen LogP contribution in [0.15, 0.2) is 97.3 Å². The highest BCUT2D eigenvalue weighted by molar-refractivity contribution is 6.05. The second-order valence-electron chi connectivity index (χ2n) is 7.48. The molecule has 0 unspecified atom stereocenters. The minimum atomic E-state index is -0.168. The van der Waals surface area contributed by atoms with Gasteiger partial charge in [-0.15, -0.1) is 0 Å². The molecule has 4 rings (SSSR count). The number of nitrogens with one attached hydrogen (secondary N) is 3. The molecule has 6 heteroatoms. The van der Waals surface area contributed by atoms with Crippen LogP contribution in [-0.4, -0.2) is 31.3 Å². The van der Waals surface area contributed by atoms with Gasteiger partial charge in [0.1, 0.15) is 6.29 Å². The summed E-state index contributed by atoms with van der Waals surface area (Å²) in [5, 5.41) is 9.12. The molecule has 6 nitrogen and oxygen atoms in total. The second kappa shape index (κ2) is 13.1. The van der Waals surface area contributed by atoms with Gasteiger partial charge in [0.05, 0.1) is 11.9 Å². The molecule has 0 saturated heterocycles. The maximum absolute atomic E-state index is 12.5. The van der Waals surface area contributed by atoms with Crippen molar-refractivity contribution >= 4 is 41.4 Å². The van der Waals surface area contributed by atoms with Crippen molar-refractivity contribution in [3.63, 3.8) is 0 Å². The number of aldehydes is 1. The van der Waals surface area contributed by atoms with Crippen LogP contribution in [0.25, 0.3) is 12.2 Å². The number of nitrogens with zero attached hydrogens (tertiary/aromatic N) is 1. The highest BCUT2D eigenvalue weighted by Gasteiger charge is 2.08. The van der Waals surface area contributed by atoms with Crippen LogP contribution in [0.3, 0.4) is 0 Å². The predicted octanol–water partition coefficient (Wildman–Crippen LogP) is 6.09. The molecule has 0 bridgehead atoms. The van der Waals surface area contributed by atoms with E-state index in [1.165, 1.54) is 0 Å². The Morgan fingerprint density at radius 2 is 1.54 bits per heavy atom. The van der Waals surface area contributed by atoms with Gasteiger partial charge >= 0.3 is 0 Å². The van der Waals surface area contributed by atoms with E-state index in [4.69, 9.17) is 0 Å². The number of hydrogen-bond acceptors (Lipinski definition) is 5. The van der Waals surface area contributed by atoms with Crippen molar-refractivity contribution in [3.05, 3.63) is 120 Å². The first-order chi connectivity index (χ1) is 17.1. The van der Waals surface area contributed by atoms with Crippen molar-refractivity contribution < 1.29 is 9.59 Å². The Balaban J connectivity index is 0.000000363. The average Bonchev–Trinajstić information content (AvgIpc) is 2.93. The summed E-state index contributed by atoms with van der Waals surface area (Å²) in [7, 11) is 3.76. The average molecular weight is 465 g/mol. The number of carbonyl (C=O) groups excluding carboxylic acids is 2. The van der Waals surface area contributed by atoms with E-state index in [0.29, 0.717) is 11.3 Å². The van der Waals surface area contributed by atoms with Crippen molar-refractivity contribution in [1.29, 1.82) is 0 Å². The lowest BCUT2D eigenvalue weighted by Gasteiger charge is -2.09. The van der Waals surface area contributed by atoms with Gasteiger partial charge in [-0.3, -0.25) is 14.6 Å². The molecule has 3 aromatic carbocycles. The lowest BCUT2D eigenvalue weighted by atomic mass is 10.1. The minimum Gasteiger partial charge on any atom is -0.388 e. The zero-order valence-electron chi connectivity index (χ0n) is 19.7. The van der Waals surface area contributed by atoms with Crippen molar-refractivity contribution in [1.82, 2.24) is 4.98 Å². The number of rotatable bonds is 7. The number of carbonyl (C=O) groups is 2. The van der Waals surface area contributed by atoms with Crippen LogP contribution in [0, 0.1) is 0 Å². The first-order valence-electron chi connectivity index (χ1n) is 11.1. The van der Waals surface area contributed by atoms with E-state index in [0.717, 1.165) is 34.4 Å². The number of benzene rings is 3. The summed E-state index contributed by atoms with van der Waals surface area (Å²) in [4.78, 5) is 26.5. The van der Waals surface area contributed by atoms with E-state index >= 15 is 0 Å². The molecule has 4 aromatic rings. The Morgan fingerprint density at radius 1 is 0.771 bits per heavy atom. The van der Waals surface area contributed by atoms with Crippen molar-refractivity contribution in [2.75, 3.05) is 30.0 Å². The highest BCUT2D eigenvalue weighted by Crippen LogP contribution is 2.21. The smallest absolute Gasteiger partial charge is 0.255 e. The van der Waals surface area contributed by atoms with Gasteiger partial charge in [-0.1, -0.05) is 54.6 Å². The van der Waals surface area contributed by atoms with Gasteiger partial charge in [0.2, 0.25) is 0 Å². The molecule has 1 heterocycles. The Labute approximate surface area is 205 Å². The molecule has 1 aromatic heterocycles. The molecule has 1 amide bonds. The van der Waals surface area contributed by atoms with Crippen LogP contribution in [-0.2, 0) is 0 Å². The highest BCUT2D eigenvalue weighted by atomic mass is 16.1. The summed E-state index contributed by atoms with van der Waals surface area (Å²) in [6.45, 7) is 0. The fourth-order valence-corrected chi connectivity index (χ4v) is 3.19. The molecule has 0 aliphatic rings. The Hall–Kier alpha value is -4.71. The Bertz CT molecular complexity index is 1260. The monoisotopic (exact) mass is 464 g/mol. The molecule has 35 heavy (non-hydrogen) atoms. The van der Waals surface area contributed by atoms with Crippen LogP contribution in [0.1, 0.15) is 31.8 Å². The van der Waals surface area contributed by atoms with E-state index in [-0.39, 0.29) is 5.91 Å². The Kier molecular flexibility index (Phi) is 9.33. The number of hydrogen-bond donors (Lipinski definition) is 3. The normalized spacial score (nSPS) is 10.1. The molecule has 3 N–H and O–H groups in total. The third-order valence-electron chi connectivity index (χ3n) is 5.09. The SMILES string of the molecule is CNc1ccc(/C=C/c2cc(C(=O)Nc3cccnc3)ccc2NC)cc1.O=Cc1ccccc1. The van der Waals surface area contributed by atoms with Gasteiger partial charge in [-0.2, -0.15) is 0 Å². The lowest BCUT2D eigenvalue weighted by molar-refractivity contribution is 0.102. The van der Waals surface area contributed by atoms with Gasteiger partial charge in [0, 0.05) is 42.8 Å². The first kappa shape index (κ1) is 24.9. The van der Waals surface area contributed by atoms with E-state index in [2.05, 4.69) is 20.9 Å². The number of amides is 1. The van der Waals surface area contributed by atoms with Crippen LogP contribution >= 0.6 is 0 Å². The third kappa shape index (κ3) is 7.68. The summed E-state index contributed by atoms with van der Waals surface area (Å²) in [5.41, 5.74) is 6.03. The zero-order valence-corrected chi connectivity index (χ0v) is 19.7. The van der Waals surface area contributed by atoms with E-state index < -0.39 is 0 Å². The maximum atomic E-state index is 12.5. The van der Waals surface area contributed by atoms with Gasteiger partial charge in [-0.25, -0.2) is 0 Å². The van der Waals surface area contributed by atoms with Gasteiger partial charge in [-0.05, 0) is 53.6 Å². The molecule has 176 valence electrons. The number of aromatic nitrogens is 1. The van der Waals surface area contributed by atoms with E-state index in [1.54, 1.807) is 36.7 Å². The van der Waals surface area contributed by atoms with Gasteiger partial charge in [0.15, 0.2) is 0 Å². The molecule has 0 saturated carbocycles. The summed E-state index contributed by atoms with van der Waals surface area (Å²) in [5.74, 6) is -0.168. The molecule has 0 radical (unpaired) electrons. The van der Waals surface area contributed by atoms with Crippen molar-refractivity contribution in [2.45, 2.75) is 0 Å². The second-order valence-corrected chi connectivity index (χ2v) is 7.48. The fraction of sp³-hybridized carbons (Fsp3) is 0.0690. The predicted molar refractivity (Wildman–Crippen MR) is 145 cm³/mol. The number of anilines is 3. The van der Waals surface area contributed by atoms with Crippen LogP contribution in [0.2, 0.25) is 0 Å². The lowest BCUT2D eigenvalue weighted by Crippen LogP contribution is -2.12. The fourth-order valence-electron chi connectivity index (χ4n) is 3.19. The van der Waals surface area contributed by atoms with Gasteiger partial charge < -0.3 is 16.0 Å². The molecule has 0 fully saturated rings. The first-order valence-corrected chi connectivity index (χ1v) is 11.1. The van der Waals surface area contributed by atoms with Crippen molar-refractivity contribution in [3.8, 4) is 0 Å². The maximum Gasteiger partial charge on any atom is 0.255 e. The summed E-state index contributed by atoms with van der Waals surface area (Å²) in [6.07, 6.45) is 8.15. The molecular weight excluding hydrogens is 436 g/mol. The summed E-state index contributed by atoms with van der Waals surface area (Å²) in [6, 6.07) is 26.4. The quantitative estimate of drug-likeness (QED) is 0.228. The molecular formula is C29H28N4O2. The zero-order chi connectivity index (χ0) is 24.9. The summed E-state index contributed by atoms with van der Waals surface area (Å²) >= 11 is 0. The minimum absolute atomic E-state index is 0.168. The molecule has 0 atom stereocenters.